The van der Waals surface area contributed by atoms with Crippen LogP contribution in [-0.4, -0.2) is 218 Å². The standard InChI is InChI=1S/2C11H13BrN2O.C9H13BrN2O.C9H11BrN2.C8H12BrN3O.C8H11N3O3.C8H13N3O.C5H3ClN2O2.C3H9NO.C2H3ClO.BHNS.2ClH.H2O4S.Sn/c2*1-7-3-4-9-5-10(12)6-13-11(9)14(7)8(2)15;1-6-3-8(10)4-11-9(6)12-7(2)5-13;1-6-2-3-7-4-8(10)5-11-9(7)12-6;1-5(4-13)12-8-7(10)2-6(9)3-11-8;1-6(5-12)10-8-7(11(13)14)3-2-4-9-8;1-6(5-12)11-8-7(9)3-2-4-10-8;6-5-4(8(9)10)2-1-3-7-5;1-3(4)2-5;1-2(3)4;1-2-3;;;1-5(2,3)4;/h2*5-7H,3-4H2,1-2H3;3-4,7,13H,5H2,1-2H3,(H,11,12);4-6H,2-3H2,1H3,(H,11,12);2-3,5,13H,4,10H2,1H3,(H,11,12);2-4,6,12H,5H2,1H3,(H,9,10);2-4,6,12H,5,9H2,1H3,(H,10,11);1-3H;3,5H,2,4H2,1H3;1H3;3H;2*1H;(H2,1,2,3,4);/q;;;;;;;;;;;;;;+2/p-2/t3*7-;6-;5-;2*6-;;3-;;;;;;/m0000000.0....../s1. The van der Waals surface area contributed by atoms with Gasteiger partial charge in [0.15, 0.2) is 0 Å². The Balaban J connectivity index is 0. The molecule has 11 rings (SSSR count). The SMILES string of the molecule is CC(=O)Cl.CC(=O)N1c2ncc(Br)cc2CC[C@@H]1C.CC(=O)N1c2ncc(Br)cc2CC[C@@H]1C.C[C@@H](CO)Nc1ncc(Br)cc1N.C[C@@H](CO)Nc1ncccc1N.C[C@@H](CO)Nc1ncccc1[N+](=O)[O-].C[C@H](N)CO.C[C@H]1CCc2cc(Br)cnc2N1.Cc1cc(Br)cnc1N[C@@H](C)CO.O=S(=O)(O)O.O=[N+]([O-])c1cccnc1Cl.[B]=NS.[Cl][Sn][Cl]. The summed E-state index contributed by atoms with van der Waals surface area (Å²) in [6.45, 7) is 22.0. The molecule has 0 saturated carbocycles. The number of carbonyl (C=O) groups is 3. The summed E-state index contributed by atoms with van der Waals surface area (Å²) in [6.07, 6.45) is 19.6. The Morgan fingerprint density at radius 3 is 1.27 bits per heavy atom. The van der Waals surface area contributed by atoms with Crippen LogP contribution < -0.4 is 53.6 Å². The van der Waals surface area contributed by atoms with Gasteiger partial charge in [-0.15, -0.1) is 0 Å². The molecule has 0 unspecified atom stereocenters. The number of aliphatic hydroxyl groups is 5. The summed E-state index contributed by atoms with van der Waals surface area (Å²) in [7, 11) is 9.54. The van der Waals surface area contributed by atoms with Crippen molar-refractivity contribution in [3.63, 3.8) is 0 Å². The van der Waals surface area contributed by atoms with Gasteiger partial charge in [-0.3, -0.25) is 53.5 Å². The van der Waals surface area contributed by atoms with Gasteiger partial charge in [-0.25, -0.2) is 39.9 Å². The Morgan fingerprint density at radius 1 is 0.589 bits per heavy atom. The molecule has 0 saturated heterocycles. The maximum absolute atomic E-state index is 11.5. The van der Waals surface area contributed by atoms with Crippen LogP contribution in [0.5, 0.6) is 0 Å². The van der Waals surface area contributed by atoms with Crippen molar-refractivity contribution in [1.29, 1.82) is 0 Å². The molecule has 3 aliphatic rings. The monoisotopic (exact) mass is 2270 g/mol. The van der Waals surface area contributed by atoms with Crippen molar-refractivity contribution in [2.75, 3.05) is 80.9 Å². The van der Waals surface area contributed by atoms with Crippen LogP contribution >= 0.6 is 134 Å². The third-order valence-electron chi connectivity index (χ3n) is 15.3. The van der Waals surface area contributed by atoms with E-state index in [1.807, 2.05) is 52.1 Å². The van der Waals surface area contributed by atoms with Crippen LogP contribution in [0, 0.1) is 27.2 Å². The molecule has 8 aromatic heterocycles. The van der Waals surface area contributed by atoms with E-state index in [-0.39, 0.29) is 115 Å². The minimum absolute atomic E-state index is 0.0257. The number of aliphatic hydroxyl groups excluding tert-OH is 5. The van der Waals surface area contributed by atoms with Gasteiger partial charge in [-0.05, 0) is 269 Å². The topological polar surface area (TPSA) is 573 Å². The van der Waals surface area contributed by atoms with E-state index in [0.29, 0.717) is 29.1 Å². The molecule has 124 heavy (non-hydrogen) atoms. The third-order valence-corrected chi connectivity index (χ3v) is 17.7. The second kappa shape index (κ2) is 66.8. The van der Waals surface area contributed by atoms with Crippen molar-refractivity contribution in [2.45, 2.75) is 170 Å². The number of fused-ring (bicyclic) bond motifs is 3. The number of anilines is 9. The third kappa shape index (κ3) is 53.3. The molecule has 0 spiro atoms. The van der Waals surface area contributed by atoms with Crippen LogP contribution in [0.2, 0.25) is 5.15 Å². The van der Waals surface area contributed by atoms with E-state index in [1.165, 1.54) is 55.6 Å². The first kappa shape index (κ1) is 119. The molecule has 37 nitrogen and oxygen atoms in total. The summed E-state index contributed by atoms with van der Waals surface area (Å²) >= 11 is 29.2. The van der Waals surface area contributed by atoms with Crippen molar-refractivity contribution in [3.8, 4) is 0 Å². The van der Waals surface area contributed by atoms with Gasteiger partial charge in [0.2, 0.25) is 28.0 Å². The first-order valence-corrected chi connectivity index (χ1v) is 50.5. The molecule has 0 fully saturated rings. The molecule has 50 heteroatoms. The molecule has 3 radical (unpaired) electrons. The van der Waals surface area contributed by atoms with Crippen LogP contribution in [-0.2, 0) is 44.0 Å². The number of nitrogens with zero attached hydrogens (tertiary/aromatic N) is 13. The number of hydrogen-bond donors (Lipinski definition) is 16. The Hall–Kier alpha value is -6.59. The van der Waals surface area contributed by atoms with E-state index < -0.39 is 39.1 Å². The first-order chi connectivity index (χ1) is 58.1. The van der Waals surface area contributed by atoms with Crippen LogP contribution in [0.3, 0.4) is 0 Å². The number of nitrogens with one attached hydrogen (secondary N) is 5. The average molecular weight is 2280 g/mol. The fraction of sp³-hybridized carbons (Fsp3) is 0.419. The fourth-order valence-electron chi connectivity index (χ4n) is 9.64. The van der Waals surface area contributed by atoms with Crippen molar-refractivity contribution in [2.24, 2.45) is 10.0 Å². The molecule has 683 valence electrons. The van der Waals surface area contributed by atoms with Gasteiger partial charge in [0.25, 0.3) is 0 Å². The molecule has 0 aromatic carbocycles. The summed E-state index contributed by atoms with van der Waals surface area (Å²) in [5.41, 5.74) is 21.9. The average Bonchev–Trinajstić information content (AvgIpc) is 0.797. The molecule has 8 atom stereocenters. The van der Waals surface area contributed by atoms with Gasteiger partial charge in [0, 0.05) is 153 Å². The molecule has 8 aromatic rings. The van der Waals surface area contributed by atoms with Gasteiger partial charge in [-0.2, -0.15) is 8.42 Å². The molecule has 0 bridgehead atoms. The molecular formula is C74H104BBr5Cl4N21O16S2Sn. The van der Waals surface area contributed by atoms with Gasteiger partial charge in [-0.1, -0.05) is 11.6 Å². The Labute approximate surface area is 797 Å². The van der Waals surface area contributed by atoms with Crippen molar-refractivity contribution in [1.82, 2.24) is 39.9 Å². The van der Waals surface area contributed by atoms with Gasteiger partial charge < -0.3 is 69.3 Å². The van der Waals surface area contributed by atoms with E-state index in [0.717, 1.165) is 94.4 Å². The predicted octanol–water partition coefficient (Wildman–Crippen LogP) is 14.3. The number of nitrogen functional groups attached to an aromatic ring is 2. The summed E-state index contributed by atoms with van der Waals surface area (Å²) in [5.74, 6) is 5.06. The predicted molar refractivity (Wildman–Crippen MR) is 514 cm³/mol. The molecule has 3 aliphatic heterocycles. The van der Waals surface area contributed by atoms with Crippen LogP contribution in [0.15, 0.2) is 143 Å². The normalized spacial score (nSPS) is 14.4. The number of aryl methyl sites for hydroxylation is 4. The molecule has 0 aliphatic carbocycles. The minimum atomic E-state index is -4.67. The van der Waals surface area contributed by atoms with E-state index >= 15 is 0 Å². The van der Waals surface area contributed by atoms with Gasteiger partial charge in [0.1, 0.15) is 34.9 Å². The van der Waals surface area contributed by atoms with E-state index in [2.05, 4.69) is 209 Å². The Kier molecular flexibility index (Phi) is 64.3. The zero-order valence-electron chi connectivity index (χ0n) is 69.6. The molecular weight excluding hydrogens is 2170 g/mol. The Morgan fingerprint density at radius 2 is 0.911 bits per heavy atom. The number of thiol groups is 1. The van der Waals surface area contributed by atoms with Gasteiger partial charge in [0.05, 0.1) is 54.3 Å². The van der Waals surface area contributed by atoms with Crippen LogP contribution in [0.1, 0.15) is 118 Å². The molecule has 11 heterocycles. The zero-order valence-corrected chi connectivity index (χ0v) is 85.1. The molecule has 2 amide bonds. The summed E-state index contributed by atoms with van der Waals surface area (Å²) in [5, 5.41) is 78.6. The number of nitrogens with two attached hydrogens (primary N) is 3. The summed E-state index contributed by atoms with van der Waals surface area (Å²) < 4.78 is 39.1. The molecule has 18 N–H and O–H groups in total. The summed E-state index contributed by atoms with van der Waals surface area (Å²) in [4.78, 5) is 88.0. The second-order valence-electron chi connectivity index (χ2n) is 26.3. The zero-order chi connectivity index (χ0) is 95.1. The number of amides is 2. The quantitative estimate of drug-likeness (QED) is 0.00862. The number of hydrogen-bond acceptors (Lipinski definition) is 32. The second-order valence-corrected chi connectivity index (χ2v) is 37.1. The van der Waals surface area contributed by atoms with Crippen LogP contribution in [0.25, 0.3) is 0 Å². The van der Waals surface area contributed by atoms with Crippen molar-refractivity contribution >= 4 is 251 Å². The number of pyridine rings is 8. The Bertz CT molecular complexity index is 4520. The summed E-state index contributed by atoms with van der Waals surface area (Å²) in [6, 6.07) is 19.8. The number of rotatable bonds is 15. The van der Waals surface area contributed by atoms with Crippen molar-refractivity contribution in [3.05, 3.63) is 186 Å². The fourth-order valence-corrected chi connectivity index (χ4v) is 11.8. The van der Waals surface area contributed by atoms with Gasteiger partial charge >= 0.3 is 83.3 Å². The van der Waals surface area contributed by atoms with E-state index in [9.17, 15) is 34.6 Å². The van der Waals surface area contributed by atoms with E-state index in [4.69, 9.17) is 89.7 Å². The van der Waals surface area contributed by atoms with E-state index in [1.54, 1.807) is 86.7 Å². The first-order valence-electron chi connectivity index (χ1n) is 36.7. The number of aromatic nitrogens is 8. The maximum atomic E-state index is 11.5. The van der Waals surface area contributed by atoms with Crippen molar-refractivity contribution < 1.29 is 67.3 Å². The number of halogens is 9. The number of carbonyl (C=O) groups excluding carboxylic acids is 3. The number of nitro groups is 2. The van der Waals surface area contributed by atoms with Crippen LogP contribution in [0.4, 0.5) is 63.5 Å².